The molecule has 1 amide bonds. The number of nitrogens with one attached hydrogen (secondary N) is 3. The molecule has 0 atom stereocenters. The third-order valence-electron chi connectivity index (χ3n) is 4.98. The van der Waals surface area contributed by atoms with Crippen LogP contribution in [0.5, 0.6) is 0 Å². The predicted octanol–water partition coefficient (Wildman–Crippen LogP) is 1.31. The first-order chi connectivity index (χ1) is 14.6. The van der Waals surface area contributed by atoms with Gasteiger partial charge in [0.25, 0.3) is 0 Å². The number of aliphatic imine (C=N–C) groups is 1. The number of halogens is 1. The van der Waals surface area contributed by atoms with Crippen LogP contribution in [0.15, 0.2) is 33.8 Å². The monoisotopic (exact) mass is 433 g/mol. The van der Waals surface area contributed by atoms with Crippen LogP contribution < -0.4 is 16.0 Å². The molecule has 30 heavy (non-hydrogen) atoms. The molecule has 0 bridgehead atoms. The molecular formula is C20H28ClN7O2. The molecule has 162 valence electrons. The largest absolute Gasteiger partial charge is 0.358 e. The minimum Gasteiger partial charge on any atom is -0.358 e. The van der Waals surface area contributed by atoms with Crippen molar-refractivity contribution in [2.45, 2.75) is 25.3 Å². The van der Waals surface area contributed by atoms with Gasteiger partial charge in [-0.25, -0.2) is 0 Å². The molecule has 2 aromatic rings. The van der Waals surface area contributed by atoms with Crippen LogP contribution in [-0.4, -0.2) is 73.2 Å². The lowest BCUT2D eigenvalue weighted by Crippen LogP contribution is -2.50. The van der Waals surface area contributed by atoms with E-state index in [1.165, 1.54) is 0 Å². The van der Waals surface area contributed by atoms with E-state index in [0.29, 0.717) is 42.3 Å². The van der Waals surface area contributed by atoms with Crippen molar-refractivity contribution >= 4 is 23.5 Å². The summed E-state index contributed by atoms with van der Waals surface area (Å²) in [5.74, 6) is 1.88. The third kappa shape index (κ3) is 6.43. The highest BCUT2D eigenvalue weighted by Gasteiger charge is 2.21. The van der Waals surface area contributed by atoms with Gasteiger partial charge in [0.05, 0.1) is 6.54 Å². The topological polar surface area (TPSA) is 108 Å². The summed E-state index contributed by atoms with van der Waals surface area (Å²) in [7, 11) is 3.42. The minimum atomic E-state index is 0.0541. The summed E-state index contributed by atoms with van der Waals surface area (Å²) in [6.07, 6.45) is 2.51. The van der Waals surface area contributed by atoms with Crippen molar-refractivity contribution in [1.29, 1.82) is 0 Å². The van der Waals surface area contributed by atoms with E-state index in [0.717, 1.165) is 37.5 Å². The molecule has 0 aliphatic carbocycles. The number of carbonyl (C=O) groups is 1. The summed E-state index contributed by atoms with van der Waals surface area (Å²) >= 11 is 6.02. The van der Waals surface area contributed by atoms with Crippen LogP contribution in [0.1, 0.15) is 18.7 Å². The lowest BCUT2D eigenvalue weighted by atomic mass is 10.1. The SMILES string of the molecule is CN=C(NCCc1nc(-c2cccc(Cl)c2)no1)NC1CCN(CC(=O)NC)CC1. The molecule has 0 saturated carbocycles. The Bertz CT molecular complexity index is 862. The molecule has 1 aliphatic rings. The number of guanidine groups is 1. The molecule has 1 aliphatic heterocycles. The molecular weight excluding hydrogens is 406 g/mol. The Balaban J connectivity index is 1.41. The van der Waals surface area contributed by atoms with E-state index in [1.54, 1.807) is 26.2 Å². The molecule has 3 N–H and O–H groups in total. The quantitative estimate of drug-likeness (QED) is 0.446. The van der Waals surface area contributed by atoms with Gasteiger partial charge in [0, 0.05) is 56.8 Å². The Morgan fingerprint density at radius 3 is 2.87 bits per heavy atom. The number of hydrogen-bond donors (Lipinski definition) is 3. The molecule has 2 heterocycles. The van der Waals surface area contributed by atoms with Gasteiger partial charge < -0.3 is 20.5 Å². The minimum absolute atomic E-state index is 0.0541. The molecule has 0 unspecified atom stereocenters. The average molecular weight is 434 g/mol. The van der Waals surface area contributed by atoms with E-state index in [9.17, 15) is 4.79 Å². The van der Waals surface area contributed by atoms with Crippen molar-refractivity contribution in [1.82, 2.24) is 31.0 Å². The zero-order valence-corrected chi connectivity index (χ0v) is 18.1. The van der Waals surface area contributed by atoms with Gasteiger partial charge in [-0.2, -0.15) is 4.98 Å². The fourth-order valence-electron chi connectivity index (χ4n) is 3.29. The first-order valence-corrected chi connectivity index (χ1v) is 10.4. The van der Waals surface area contributed by atoms with Gasteiger partial charge in [-0.15, -0.1) is 0 Å². The van der Waals surface area contributed by atoms with Gasteiger partial charge >= 0.3 is 0 Å². The lowest BCUT2D eigenvalue weighted by molar-refractivity contribution is -0.122. The standard InChI is InChI=1S/C20H28ClN7O2/c1-22-17(29)13-28-10-7-16(8-11-28)25-20(23-2)24-9-6-18-26-19(27-30-18)14-4-3-5-15(21)12-14/h3-5,12,16H,6-11,13H2,1-2H3,(H,22,29)(H2,23,24,25). The molecule has 9 nitrogen and oxygen atoms in total. The summed E-state index contributed by atoms with van der Waals surface area (Å²) in [6.45, 7) is 2.84. The molecule has 3 rings (SSSR count). The van der Waals surface area contributed by atoms with Crippen LogP contribution in [0.4, 0.5) is 0 Å². The van der Waals surface area contributed by atoms with Gasteiger partial charge in [0.15, 0.2) is 5.96 Å². The predicted molar refractivity (Wildman–Crippen MR) is 116 cm³/mol. The molecule has 1 aromatic heterocycles. The van der Waals surface area contributed by atoms with Gasteiger partial charge in [0.1, 0.15) is 0 Å². The molecule has 10 heteroatoms. The van der Waals surface area contributed by atoms with Crippen molar-refractivity contribution in [2.24, 2.45) is 4.99 Å². The first kappa shape index (κ1) is 22.0. The number of rotatable bonds is 7. The number of nitrogens with zero attached hydrogens (tertiary/aromatic N) is 4. The highest BCUT2D eigenvalue weighted by Crippen LogP contribution is 2.19. The second-order valence-corrected chi connectivity index (χ2v) is 7.58. The van der Waals surface area contributed by atoms with Crippen LogP contribution in [0.2, 0.25) is 5.02 Å². The highest BCUT2D eigenvalue weighted by molar-refractivity contribution is 6.30. The molecule has 1 aromatic carbocycles. The highest BCUT2D eigenvalue weighted by atomic mass is 35.5. The Labute approximate surface area is 181 Å². The van der Waals surface area contributed by atoms with Crippen LogP contribution >= 0.6 is 11.6 Å². The number of amides is 1. The number of piperidine rings is 1. The third-order valence-corrected chi connectivity index (χ3v) is 5.22. The summed E-state index contributed by atoms with van der Waals surface area (Å²) in [5.41, 5.74) is 0.825. The summed E-state index contributed by atoms with van der Waals surface area (Å²) in [4.78, 5) is 22.4. The van der Waals surface area contributed by atoms with Gasteiger partial charge in [-0.05, 0) is 25.0 Å². The number of likely N-dealkylation sites (tertiary alicyclic amines) is 1. The van der Waals surface area contributed by atoms with Crippen LogP contribution in [0.3, 0.4) is 0 Å². The molecule has 0 radical (unpaired) electrons. The zero-order chi connectivity index (χ0) is 21.3. The van der Waals surface area contributed by atoms with E-state index in [4.69, 9.17) is 16.1 Å². The van der Waals surface area contributed by atoms with Crippen molar-refractivity contribution in [3.63, 3.8) is 0 Å². The maximum atomic E-state index is 11.5. The number of aromatic nitrogens is 2. The zero-order valence-electron chi connectivity index (χ0n) is 17.3. The Kier molecular flexibility index (Phi) is 8.04. The van der Waals surface area contributed by atoms with E-state index in [-0.39, 0.29) is 5.91 Å². The Hall–Kier alpha value is -2.65. The molecule has 0 spiro atoms. The first-order valence-electron chi connectivity index (χ1n) is 10.1. The Morgan fingerprint density at radius 1 is 1.37 bits per heavy atom. The van der Waals surface area contributed by atoms with Crippen molar-refractivity contribution in [2.75, 3.05) is 40.3 Å². The molecule has 1 fully saturated rings. The van der Waals surface area contributed by atoms with E-state index in [2.05, 4.69) is 36.0 Å². The molecule has 1 saturated heterocycles. The normalized spacial score (nSPS) is 15.8. The Morgan fingerprint density at radius 2 is 2.17 bits per heavy atom. The van der Waals surface area contributed by atoms with Crippen molar-refractivity contribution in [3.8, 4) is 11.4 Å². The summed E-state index contributed by atoms with van der Waals surface area (Å²) in [5, 5.41) is 14.1. The second kappa shape index (κ2) is 10.9. The number of benzene rings is 1. The number of carbonyl (C=O) groups excluding carboxylic acids is 1. The van der Waals surface area contributed by atoms with E-state index >= 15 is 0 Å². The van der Waals surface area contributed by atoms with Crippen molar-refractivity contribution < 1.29 is 9.32 Å². The second-order valence-electron chi connectivity index (χ2n) is 7.14. The number of hydrogen-bond acceptors (Lipinski definition) is 6. The lowest BCUT2D eigenvalue weighted by Gasteiger charge is -2.32. The fourth-order valence-corrected chi connectivity index (χ4v) is 3.48. The average Bonchev–Trinajstić information content (AvgIpc) is 3.23. The van der Waals surface area contributed by atoms with Crippen LogP contribution in [0, 0.1) is 0 Å². The summed E-state index contributed by atoms with van der Waals surface area (Å²) < 4.78 is 5.33. The summed E-state index contributed by atoms with van der Waals surface area (Å²) in [6, 6.07) is 7.69. The van der Waals surface area contributed by atoms with Gasteiger partial charge in [0.2, 0.25) is 17.6 Å². The van der Waals surface area contributed by atoms with Crippen LogP contribution in [-0.2, 0) is 11.2 Å². The van der Waals surface area contributed by atoms with Gasteiger partial charge in [-0.3, -0.25) is 14.7 Å². The van der Waals surface area contributed by atoms with E-state index in [1.807, 2.05) is 12.1 Å². The van der Waals surface area contributed by atoms with Gasteiger partial charge in [-0.1, -0.05) is 28.9 Å². The smallest absolute Gasteiger partial charge is 0.233 e. The maximum Gasteiger partial charge on any atom is 0.233 e. The van der Waals surface area contributed by atoms with Crippen LogP contribution in [0.25, 0.3) is 11.4 Å². The van der Waals surface area contributed by atoms with E-state index < -0.39 is 0 Å². The van der Waals surface area contributed by atoms with Crippen molar-refractivity contribution in [3.05, 3.63) is 35.2 Å². The fraction of sp³-hybridized carbons (Fsp3) is 0.500. The maximum absolute atomic E-state index is 11.5. The number of likely N-dealkylation sites (N-methyl/N-ethyl adjacent to an activating group) is 1.